The second kappa shape index (κ2) is 10.9. The van der Waals surface area contributed by atoms with Gasteiger partial charge in [-0.2, -0.15) is 0 Å². The number of hydrogen-bond donors (Lipinski definition) is 2. The maximum atomic E-state index is 12.5. The van der Waals surface area contributed by atoms with E-state index in [0.29, 0.717) is 0 Å². The van der Waals surface area contributed by atoms with Gasteiger partial charge in [-0.3, -0.25) is 24.6 Å². The molecule has 2 N–H and O–H groups in total. The first-order valence-corrected chi connectivity index (χ1v) is 10.8. The summed E-state index contributed by atoms with van der Waals surface area (Å²) in [4.78, 5) is 42.0. The molecule has 0 aliphatic carbocycles. The Morgan fingerprint density at radius 3 is 2.27 bits per heavy atom. The van der Waals surface area contributed by atoms with E-state index in [4.69, 9.17) is 0 Å². The molecule has 1 aliphatic rings. The van der Waals surface area contributed by atoms with Gasteiger partial charge in [0.2, 0.25) is 0 Å². The number of para-hydroxylation sites is 2. The summed E-state index contributed by atoms with van der Waals surface area (Å²) in [5.74, 6) is -1.78. The maximum absolute atomic E-state index is 12.5. The number of likely N-dealkylation sites (N-methyl/N-ethyl adjacent to an activating group) is 1. The van der Waals surface area contributed by atoms with Crippen molar-refractivity contribution in [3.05, 3.63) is 64.2 Å². The molecule has 0 aromatic heterocycles. The zero-order chi connectivity index (χ0) is 24.0. The van der Waals surface area contributed by atoms with Crippen molar-refractivity contribution < 1.29 is 14.5 Å². The van der Waals surface area contributed by atoms with Gasteiger partial charge in [-0.15, -0.1) is 0 Å². The summed E-state index contributed by atoms with van der Waals surface area (Å²) in [6.45, 7) is 3.76. The van der Waals surface area contributed by atoms with Crippen LogP contribution in [0, 0.1) is 10.1 Å². The van der Waals surface area contributed by atoms with Gasteiger partial charge in [0.1, 0.15) is 5.69 Å². The number of anilines is 2. The summed E-state index contributed by atoms with van der Waals surface area (Å²) in [5, 5.41) is 16.2. The molecule has 1 saturated heterocycles. The summed E-state index contributed by atoms with van der Waals surface area (Å²) in [5.41, 5.74) is 1.83. The van der Waals surface area contributed by atoms with Gasteiger partial charge in [-0.25, -0.2) is 0 Å². The highest BCUT2D eigenvalue weighted by Crippen LogP contribution is 2.25. The van der Waals surface area contributed by atoms with E-state index in [0.717, 1.165) is 37.4 Å². The fourth-order valence-electron chi connectivity index (χ4n) is 3.77. The average molecular weight is 455 g/mol. The number of nitro benzene ring substituents is 1. The SMILES string of the molecule is CN1CCN([C@@H](CNC(=O)C(=O)Nc2ccccc2[N+](=O)[O-])c2ccc(N(C)C)cc2)CC1. The summed E-state index contributed by atoms with van der Waals surface area (Å²) < 4.78 is 0. The fourth-order valence-corrected chi connectivity index (χ4v) is 3.77. The van der Waals surface area contributed by atoms with Crippen LogP contribution in [0.1, 0.15) is 11.6 Å². The molecule has 1 atom stereocenters. The minimum Gasteiger partial charge on any atom is -0.378 e. The van der Waals surface area contributed by atoms with E-state index in [2.05, 4.69) is 27.5 Å². The number of carbonyl (C=O) groups excluding carboxylic acids is 2. The molecular weight excluding hydrogens is 424 g/mol. The lowest BCUT2D eigenvalue weighted by molar-refractivity contribution is -0.383. The van der Waals surface area contributed by atoms with Gasteiger partial charge in [0, 0.05) is 58.6 Å². The van der Waals surface area contributed by atoms with Crippen LogP contribution in [-0.2, 0) is 9.59 Å². The topological polar surface area (TPSA) is 111 Å². The molecule has 2 aromatic carbocycles. The molecule has 10 nitrogen and oxygen atoms in total. The Morgan fingerprint density at radius 1 is 1.03 bits per heavy atom. The summed E-state index contributed by atoms with van der Waals surface area (Å²) in [6.07, 6.45) is 0. The zero-order valence-electron chi connectivity index (χ0n) is 19.2. The largest absolute Gasteiger partial charge is 0.378 e. The van der Waals surface area contributed by atoms with E-state index in [9.17, 15) is 19.7 Å². The van der Waals surface area contributed by atoms with E-state index in [1.54, 1.807) is 6.07 Å². The Bertz CT molecular complexity index is 987. The number of carbonyl (C=O) groups is 2. The third-order valence-corrected chi connectivity index (χ3v) is 5.78. The monoisotopic (exact) mass is 454 g/mol. The summed E-state index contributed by atoms with van der Waals surface area (Å²) in [6, 6.07) is 13.8. The molecule has 0 radical (unpaired) electrons. The van der Waals surface area contributed by atoms with Crippen molar-refractivity contribution in [3.63, 3.8) is 0 Å². The number of nitro groups is 1. The molecular formula is C23H30N6O4. The molecule has 2 aromatic rings. The predicted octanol–water partition coefficient (Wildman–Crippen LogP) is 1.70. The maximum Gasteiger partial charge on any atom is 0.313 e. The molecule has 1 aliphatic heterocycles. The molecule has 1 heterocycles. The van der Waals surface area contributed by atoms with E-state index in [1.807, 2.05) is 43.3 Å². The van der Waals surface area contributed by atoms with E-state index in [-0.39, 0.29) is 24.0 Å². The second-order valence-corrected chi connectivity index (χ2v) is 8.28. The van der Waals surface area contributed by atoms with E-state index in [1.165, 1.54) is 18.2 Å². The standard InChI is InChI=1S/C23H30N6O4/c1-26(2)18-10-8-17(9-11-18)21(28-14-12-27(3)13-15-28)16-24-22(30)23(31)25-19-6-4-5-7-20(19)29(32)33/h4-11,21H,12-16H2,1-3H3,(H,24,30)(H,25,31)/t21-/m0/s1. The van der Waals surface area contributed by atoms with Gasteiger partial charge >= 0.3 is 11.8 Å². The van der Waals surface area contributed by atoms with E-state index < -0.39 is 16.7 Å². The Morgan fingerprint density at radius 2 is 1.67 bits per heavy atom. The normalized spacial score (nSPS) is 15.5. The van der Waals surface area contributed by atoms with Crippen LogP contribution in [0.15, 0.2) is 48.5 Å². The highest BCUT2D eigenvalue weighted by atomic mass is 16.6. The average Bonchev–Trinajstić information content (AvgIpc) is 2.80. The van der Waals surface area contributed by atoms with Crippen molar-refractivity contribution in [3.8, 4) is 0 Å². The van der Waals surface area contributed by atoms with Crippen LogP contribution in [-0.4, -0.2) is 80.4 Å². The number of benzene rings is 2. The number of nitrogens with zero attached hydrogens (tertiary/aromatic N) is 4. The Labute approximate surface area is 193 Å². The van der Waals surface area contributed by atoms with Gasteiger partial charge < -0.3 is 20.4 Å². The zero-order valence-corrected chi connectivity index (χ0v) is 19.2. The second-order valence-electron chi connectivity index (χ2n) is 8.28. The highest BCUT2D eigenvalue weighted by molar-refractivity contribution is 6.39. The molecule has 33 heavy (non-hydrogen) atoms. The minimum atomic E-state index is -0.940. The molecule has 0 bridgehead atoms. The van der Waals surface area contributed by atoms with Gasteiger partial charge in [0.05, 0.1) is 11.0 Å². The van der Waals surface area contributed by atoms with E-state index >= 15 is 0 Å². The smallest absolute Gasteiger partial charge is 0.313 e. The lowest BCUT2D eigenvalue weighted by Gasteiger charge is -2.38. The first kappa shape index (κ1) is 24.1. The first-order valence-electron chi connectivity index (χ1n) is 10.8. The number of piperazine rings is 1. The Kier molecular flexibility index (Phi) is 7.96. The molecule has 3 rings (SSSR count). The van der Waals surface area contributed by atoms with Crippen molar-refractivity contribution >= 4 is 28.9 Å². The fraction of sp³-hybridized carbons (Fsp3) is 0.391. The van der Waals surface area contributed by atoms with Crippen LogP contribution >= 0.6 is 0 Å². The molecule has 176 valence electrons. The van der Waals surface area contributed by atoms with Gasteiger partial charge in [-0.05, 0) is 30.8 Å². The third kappa shape index (κ3) is 6.27. The molecule has 0 spiro atoms. The Hall–Kier alpha value is -3.50. The van der Waals surface area contributed by atoms with Gasteiger partial charge in [0.15, 0.2) is 0 Å². The summed E-state index contributed by atoms with van der Waals surface area (Å²) in [7, 11) is 6.03. The Balaban J connectivity index is 1.70. The molecule has 0 unspecified atom stereocenters. The lowest BCUT2D eigenvalue weighted by Crippen LogP contribution is -2.49. The van der Waals surface area contributed by atoms with Crippen molar-refractivity contribution in [1.29, 1.82) is 0 Å². The number of rotatable bonds is 7. The minimum absolute atomic E-state index is 0.0162. The van der Waals surface area contributed by atoms with Crippen LogP contribution in [0.25, 0.3) is 0 Å². The molecule has 1 fully saturated rings. The summed E-state index contributed by atoms with van der Waals surface area (Å²) >= 11 is 0. The van der Waals surface area contributed by atoms with Crippen LogP contribution in [0.5, 0.6) is 0 Å². The van der Waals surface area contributed by atoms with Gasteiger partial charge in [0.25, 0.3) is 5.69 Å². The van der Waals surface area contributed by atoms with Crippen molar-refractivity contribution in [2.24, 2.45) is 0 Å². The first-order chi connectivity index (χ1) is 15.8. The van der Waals surface area contributed by atoms with Crippen LogP contribution in [0.2, 0.25) is 0 Å². The molecule has 2 amide bonds. The molecule has 10 heteroatoms. The van der Waals surface area contributed by atoms with Crippen LogP contribution in [0.3, 0.4) is 0 Å². The lowest BCUT2D eigenvalue weighted by atomic mass is 10.0. The van der Waals surface area contributed by atoms with Crippen molar-refractivity contribution in [2.45, 2.75) is 6.04 Å². The van der Waals surface area contributed by atoms with Crippen molar-refractivity contribution in [2.75, 3.05) is 64.1 Å². The van der Waals surface area contributed by atoms with Crippen LogP contribution < -0.4 is 15.5 Å². The number of hydrogen-bond acceptors (Lipinski definition) is 7. The molecule has 0 saturated carbocycles. The number of amides is 2. The highest BCUT2D eigenvalue weighted by Gasteiger charge is 2.26. The van der Waals surface area contributed by atoms with Gasteiger partial charge in [-0.1, -0.05) is 24.3 Å². The third-order valence-electron chi connectivity index (χ3n) is 5.78. The quantitative estimate of drug-likeness (QED) is 0.372. The number of nitrogens with one attached hydrogen (secondary N) is 2. The predicted molar refractivity (Wildman–Crippen MR) is 127 cm³/mol. The van der Waals surface area contributed by atoms with Crippen LogP contribution in [0.4, 0.5) is 17.1 Å². The van der Waals surface area contributed by atoms with Crippen molar-refractivity contribution in [1.82, 2.24) is 15.1 Å².